The van der Waals surface area contributed by atoms with Gasteiger partial charge in [-0.2, -0.15) is 0 Å². The SMILES string of the molecule is CCCNCC1(C2=CCCCC2)CC(c2ccccc2)C1. The molecule has 1 nitrogen and oxygen atoms in total. The summed E-state index contributed by atoms with van der Waals surface area (Å²) in [5.41, 5.74) is 3.78. The van der Waals surface area contributed by atoms with Crippen LogP contribution >= 0.6 is 0 Å². The average molecular weight is 283 g/mol. The zero-order valence-corrected chi connectivity index (χ0v) is 13.4. The quantitative estimate of drug-likeness (QED) is 0.569. The Kier molecular flexibility index (Phi) is 4.80. The molecule has 1 aromatic carbocycles. The van der Waals surface area contributed by atoms with Crippen LogP contribution in [0.4, 0.5) is 0 Å². The van der Waals surface area contributed by atoms with Gasteiger partial charge in [0.05, 0.1) is 0 Å². The van der Waals surface area contributed by atoms with Gasteiger partial charge in [-0.3, -0.25) is 0 Å². The van der Waals surface area contributed by atoms with E-state index in [0.717, 1.165) is 12.5 Å². The van der Waals surface area contributed by atoms with E-state index < -0.39 is 0 Å². The van der Waals surface area contributed by atoms with Crippen molar-refractivity contribution in [2.45, 2.75) is 57.8 Å². The summed E-state index contributed by atoms with van der Waals surface area (Å²) < 4.78 is 0. The summed E-state index contributed by atoms with van der Waals surface area (Å²) in [6, 6.07) is 11.1. The predicted octanol–water partition coefficient (Wildman–Crippen LogP) is 5.05. The number of nitrogens with one attached hydrogen (secondary N) is 1. The van der Waals surface area contributed by atoms with Crippen molar-refractivity contribution in [1.82, 2.24) is 5.32 Å². The van der Waals surface area contributed by atoms with Gasteiger partial charge in [-0.15, -0.1) is 0 Å². The molecule has 1 heteroatoms. The molecule has 0 spiro atoms. The second kappa shape index (κ2) is 6.79. The third-order valence-electron chi connectivity index (χ3n) is 5.41. The molecule has 0 radical (unpaired) electrons. The number of hydrogen-bond donors (Lipinski definition) is 1. The van der Waals surface area contributed by atoms with Crippen molar-refractivity contribution in [1.29, 1.82) is 0 Å². The molecule has 1 fully saturated rings. The van der Waals surface area contributed by atoms with Crippen LogP contribution in [0.2, 0.25) is 0 Å². The summed E-state index contributed by atoms with van der Waals surface area (Å²) in [5.74, 6) is 0.775. The van der Waals surface area contributed by atoms with E-state index in [4.69, 9.17) is 0 Å². The molecule has 1 aromatic rings. The Morgan fingerprint density at radius 3 is 2.62 bits per heavy atom. The van der Waals surface area contributed by atoms with Crippen LogP contribution in [-0.4, -0.2) is 13.1 Å². The third-order valence-corrected chi connectivity index (χ3v) is 5.41. The minimum Gasteiger partial charge on any atom is -0.316 e. The molecule has 0 amide bonds. The third kappa shape index (κ3) is 3.23. The van der Waals surface area contributed by atoms with E-state index in [9.17, 15) is 0 Å². The Morgan fingerprint density at radius 2 is 1.95 bits per heavy atom. The van der Waals surface area contributed by atoms with Crippen molar-refractivity contribution in [3.8, 4) is 0 Å². The van der Waals surface area contributed by atoms with Crippen molar-refractivity contribution >= 4 is 0 Å². The van der Waals surface area contributed by atoms with E-state index in [2.05, 4.69) is 48.6 Å². The monoisotopic (exact) mass is 283 g/mol. The Hall–Kier alpha value is -1.08. The van der Waals surface area contributed by atoms with E-state index in [0.29, 0.717) is 5.41 Å². The second-order valence-electron chi connectivity index (χ2n) is 6.95. The van der Waals surface area contributed by atoms with Crippen LogP contribution in [-0.2, 0) is 0 Å². The fraction of sp³-hybridized carbons (Fsp3) is 0.600. The van der Waals surface area contributed by atoms with Gasteiger partial charge in [-0.1, -0.05) is 48.9 Å². The van der Waals surface area contributed by atoms with E-state index in [-0.39, 0.29) is 0 Å². The minimum absolute atomic E-state index is 0.468. The van der Waals surface area contributed by atoms with Crippen LogP contribution in [0, 0.1) is 5.41 Å². The van der Waals surface area contributed by atoms with Gasteiger partial charge >= 0.3 is 0 Å². The van der Waals surface area contributed by atoms with Gasteiger partial charge in [0.2, 0.25) is 0 Å². The molecule has 3 rings (SSSR count). The van der Waals surface area contributed by atoms with E-state index in [1.807, 2.05) is 0 Å². The van der Waals surface area contributed by atoms with Crippen molar-refractivity contribution in [3.63, 3.8) is 0 Å². The average Bonchev–Trinajstić information content (AvgIpc) is 2.51. The molecule has 0 aromatic heterocycles. The first-order valence-electron chi connectivity index (χ1n) is 8.79. The zero-order chi connectivity index (χ0) is 14.5. The molecule has 114 valence electrons. The molecular formula is C20H29N. The molecular weight excluding hydrogens is 254 g/mol. The number of benzene rings is 1. The molecule has 0 saturated heterocycles. The van der Waals surface area contributed by atoms with Gasteiger partial charge in [0, 0.05) is 12.0 Å². The second-order valence-corrected chi connectivity index (χ2v) is 6.95. The van der Waals surface area contributed by atoms with E-state index in [1.165, 1.54) is 51.5 Å². The van der Waals surface area contributed by atoms with Crippen LogP contribution in [0.1, 0.15) is 63.4 Å². The summed E-state index contributed by atoms with van der Waals surface area (Å²) in [4.78, 5) is 0. The molecule has 0 unspecified atom stereocenters. The van der Waals surface area contributed by atoms with Crippen LogP contribution in [0.25, 0.3) is 0 Å². The van der Waals surface area contributed by atoms with Crippen LogP contribution in [0.3, 0.4) is 0 Å². The lowest BCUT2D eigenvalue weighted by Crippen LogP contribution is -2.46. The summed E-state index contributed by atoms with van der Waals surface area (Å²) in [6.45, 7) is 4.61. The molecule has 1 saturated carbocycles. The highest BCUT2D eigenvalue weighted by atomic mass is 14.9. The first kappa shape index (κ1) is 14.8. The maximum Gasteiger partial charge on any atom is 0.00483 e. The Balaban J connectivity index is 1.69. The summed E-state index contributed by atoms with van der Waals surface area (Å²) in [7, 11) is 0. The number of rotatable bonds is 6. The lowest BCUT2D eigenvalue weighted by atomic mass is 9.55. The highest BCUT2D eigenvalue weighted by Crippen LogP contribution is 2.56. The van der Waals surface area contributed by atoms with Crippen LogP contribution in [0.15, 0.2) is 42.0 Å². The first-order valence-corrected chi connectivity index (χ1v) is 8.79. The lowest BCUT2D eigenvalue weighted by molar-refractivity contribution is 0.137. The molecule has 21 heavy (non-hydrogen) atoms. The van der Waals surface area contributed by atoms with Gasteiger partial charge in [0.15, 0.2) is 0 Å². The van der Waals surface area contributed by atoms with Crippen LogP contribution in [0.5, 0.6) is 0 Å². The van der Waals surface area contributed by atoms with Gasteiger partial charge in [0.1, 0.15) is 0 Å². The van der Waals surface area contributed by atoms with E-state index >= 15 is 0 Å². The standard InChI is InChI=1S/C20H29N/c1-2-13-21-16-20(19-11-7-4-8-12-19)14-18(15-20)17-9-5-3-6-10-17/h3,5-6,9-11,18,21H,2,4,7-8,12-16H2,1H3. The lowest BCUT2D eigenvalue weighted by Gasteiger charge is -2.51. The molecule has 0 bridgehead atoms. The van der Waals surface area contributed by atoms with E-state index in [1.54, 1.807) is 11.1 Å². The topological polar surface area (TPSA) is 12.0 Å². The van der Waals surface area contributed by atoms with Crippen molar-refractivity contribution in [3.05, 3.63) is 47.5 Å². The van der Waals surface area contributed by atoms with Crippen molar-refractivity contribution in [2.75, 3.05) is 13.1 Å². The highest BCUT2D eigenvalue weighted by Gasteiger charge is 2.46. The van der Waals surface area contributed by atoms with Crippen LogP contribution < -0.4 is 5.32 Å². The minimum atomic E-state index is 0.468. The fourth-order valence-corrected chi connectivity index (χ4v) is 4.19. The predicted molar refractivity (Wildman–Crippen MR) is 90.6 cm³/mol. The van der Waals surface area contributed by atoms with Crippen molar-refractivity contribution in [2.24, 2.45) is 5.41 Å². The van der Waals surface area contributed by atoms with Gasteiger partial charge in [-0.05, 0) is 63.0 Å². The Bertz CT molecular complexity index is 468. The number of allylic oxidation sites excluding steroid dienone is 1. The molecule has 2 aliphatic carbocycles. The smallest absolute Gasteiger partial charge is 0.00483 e. The molecule has 0 aliphatic heterocycles. The first-order chi connectivity index (χ1) is 10.3. The molecule has 0 atom stereocenters. The largest absolute Gasteiger partial charge is 0.316 e. The number of hydrogen-bond acceptors (Lipinski definition) is 1. The van der Waals surface area contributed by atoms with Gasteiger partial charge < -0.3 is 5.32 Å². The Morgan fingerprint density at radius 1 is 1.14 bits per heavy atom. The summed E-state index contributed by atoms with van der Waals surface area (Å²) >= 11 is 0. The van der Waals surface area contributed by atoms with Gasteiger partial charge in [-0.25, -0.2) is 0 Å². The fourth-order valence-electron chi connectivity index (χ4n) is 4.19. The Labute approximate surface area is 129 Å². The highest BCUT2D eigenvalue weighted by molar-refractivity contribution is 5.30. The summed E-state index contributed by atoms with van der Waals surface area (Å²) in [5, 5.41) is 3.71. The molecule has 0 heterocycles. The zero-order valence-electron chi connectivity index (χ0n) is 13.4. The molecule has 1 N–H and O–H groups in total. The maximum atomic E-state index is 3.71. The van der Waals surface area contributed by atoms with Crippen molar-refractivity contribution < 1.29 is 0 Å². The normalized spacial score (nSPS) is 28.8. The molecule has 2 aliphatic rings. The van der Waals surface area contributed by atoms with Gasteiger partial charge in [0.25, 0.3) is 0 Å². The summed E-state index contributed by atoms with van der Waals surface area (Å²) in [6.07, 6.45) is 11.9. The maximum absolute atomic E-state index is 3.71.